The van der Waals surface area contributed by atoms with E-state index >= 15 is 0 Å². The Labute approximate surface area is 92.0 Å². The fraction of sp³-hybridized carbons (Fsp3) is 0.909. The number of nitrogens with one attached hydrogen (secondary N) is 1. The first kappa shape index (κ1) is 12.5. The number of likely N-dealkylation sites (tertiary alicyclic amines) is 1. The molecule has 1 unspecified atom stereocenters. The number of hydrogen-bond acceptors (Lipinski definition) is 3. The molecule has 0 aliphatic carbocycles. The molecule has 4 nitrogen and oxygen atoms in total. The largest absolute Gasteiger partial charge is 0.384 e. The minimum Gasteiger partial charge on any atom is -0.384 e. The average Bonchev–Trinajstić information content (AvgIpc) is 2.27. The van der Waals surface area contributed by atoms with E-state index in [9.17, 15) is 4.79 Å². The fourth-order valence-corrected chi connectivity index (χ4v) is 2.05. The van der Waals surface area contributed by atoms with Crippen LogP contribution in [0, 0.1) is 5.92 Å². The van der Waals surface area contributed by atoms with Gasteiger partial charge in [0.25, 0.3) is 0 Å². The van der Waals surface area contributed by atoms with E-state index in [-0.39, 0.29) is 5.91 Å². The molecule has 0 aromatic rings. The van der Waals surface area contributed by atoms with Gasteiger partial charge in [-0.05, 0) is 25.8 Å². The Hall–Kier alpha value is -0.610. The van der Waals surface area contributed by atoms with Gasteiger partial charge in [-0.15, -0.1) is 0 Å². The molecule has 88 valence electrons. The maximum atomic E-state index is 11.8. The highest BCUT2D eigenvalue weighted by atomic mass is 16.5. The Morgan fingerprint density at radius 3 is 3.07 bits per heavy atom. The molecule has 0 aromatic heterocycles. The lowest BCUT2D eigenvalue weighted by Gasteiger charge is -2.32. The molecule has 15 heavy (non-hydrogen) atoms. The van der Waals surface area contributed by atoms with E-state index in [0.717, 1.165) is 32.7 Å². The lowest BCUT2D eigenvalue weighted by Crippen LogP contribution is -2.41. The van der Waals surface area contributed by atoms with Crippen LogP contribution in [-0.4, -0.2) is 51.2 Å². The molecular formula is C11H22N2O2. The van der Waals surface area contributed by atoms with Crippen molar-refractivity contribution in [1.29, 1.82) is 0 Å². The Kier molecular flexibility index (Phi) is 5.65. The van der Waals surface area contributed by atoms with E-state index < -0.39 is 0 Å². The lowest BCUT2D eigenvalue weighted by atomic mass is 9.99. The van der Waals surface area contributed by atoms with Crippen molar-refractivity contribution < 1.29 is 9.53 Å². The summed E-state index contributed by atoms with van der Waals surface area (Å²) in [4.78, 5) is 13.7. The number of methoxy groups -OCH3 is 1. The molecule has 1 rings (SSSR count). The topological polar surface area (TPSA) is 41.6 Å². The second-order valence-corrected chi connectivity index (χ2v) is 4.16. The van der Waals surface area contributed by atoms with E-state index in [2.05, 4.69) is 5.32 Å². The van der Waals surface area contributed by atoms with Crippen molar-refractivity contribution in [3.05, 3.63) is 0 Å². The summed E-state index contributed by atoms with van der Waals surface area (Å²) in [6, 6.07) is 0. The van der Waals surface area contributed by atoms with Crippen molar-refractivity contribution in [3.63, 3.8) is 0 Å². The SMILES string of the molecule is CNCCC(=O)N1CCCC(COC)C1. The Bertz CT molecular complexity index is 195. The number of ether oxygens (including phenoxy) is 1. The van der Waals surface area contributed by atoms with Crippen molar-refractivity contribution in [2.75, 3.05) is 40.4 Å². The van der Waals surface area contributed by atoms with E-state index in [1.54, 1.807) is 7.11 Å². The Morgan fingerprint density at radius 2 is 2.40 bits per heavy atom. The van der Waals surface area contributed by atoms with Gasteiger partial charge in [0.15, 0.2) is 0 Å². The summed E-state index contributed by atoms with van der Waals surface area (Å²) in [5, 5.41) is 3.00. The number of rotatable bonds is 5. The number of carbonyl (C=O) groups is 1. The van der Waals surface area contributed by atoms with Crippen molar-refractivity contribution in [3.8, 4) is 0 Å². The molecule has 4 heteroatoms. The van der Waals surface area contributed by atoms with Crippen LogP contribution in [0.1, 0.15) is 19.3 Å². The molecule has 1 amide bonds. The smallest absolute Gasteiger partial charge is 0.223 e. The molecule has 1 saturated heterocycles. The van der Waals surface area contributed by atoms with E-state index in [4.69, 9.17) is 4.74 Å². The van der Waals surface area contributed by atoms with Gasteiger partial charge in [-0.3, -0.25) is 4.79 Å². The molecule has 0 saturated carbocycles. The molecule has 1 aliphatic heterocycles. The third-order valence-electron chi connectivity index (χ3n) is 2.86. The second kappa shape index (κ2) is 6.80. The van der Waals surface area contributed by atoms with E-state index in [0.29, 0.717) is 12.3 Å². The molecule has 1 N–H and O–H groups in total. The predicted octanol–water partition coefficient (Wildman–Crippen LogP) is 0.481. The first-order valence-electron chi connectivity index (χ1n) is 5.69. The third kappa shape index (κ3) is 4.18. The highest BCUT2D eigenvalue weighted by Crippen LogP contribution is 2.17. The van der Waals surface area contributed by atoms with Crippen molar-refractivity contribution in [1.82, 2.24) is 10.2 Å². The monoisotopic (exact) mass is 214 g/mol. The number of carbonyl (C=O) groups excluding carboxylic acids is 1. The fourth-order valence-electron chi connectivity index (χ4n) is 2.05. The Balaban J connectivity index is 2.31. The number of nitrogens with zero attached hydrogens (tertiary/aromatic N) is 1. The highest BCUT2D eigenvalue weighted by molar-refractivity contribution is 5.76. The minimum absolute atomic E-state index is 0.269. The molecular weight excluding hydrogens is 192 g/mol. The number of piperidine rings is 1. The molecule has 1 aliphatic rings. The van der Waals surface area contributed by atoms with Crippen LogP contribution in [0.2, 0.25) is 0 Å². The summed E-state index contributed by atoms with van der Waals surface area (Å²) in [5.74, 6) is 0.799. The van der Waals surface area contributed by atoms with Crippen LogP contribution in [0.4, 0.5) is 0 Å². The van der Waals surface area contributed by atoms with Crippen LogP contribution in [0.3, 0.4) is 0 Å². The van der Waals surface area contributed by atoms with Crippen LogP contribution in [0.25, 0.3) is 0 Å². The summed E-state index contributed by atoms with van der Waals surface area (Å²) in [7, 11) is 3.60. The first-order valence-corrected chi connectivity index (χ1v) is 5.69. The predicted molar refractivity (Wildman–Crippen MR) is 59.7 cm³/mol. The van der Waals surface area contributed by atoms with Crippen molar-refractivity contribution in [2.24, 2.45) is 5.92 Å². The highest BCUT2D eigenvalue weighted by Gasteiger charge is 2.22. The van der Waals surface area contributed by atoms with Crippen LogP contribution in [0.5, 0.6) is 0 Å². The summed E-state index contributed by atoms with van der Waals surface area (Å²) in [6.45, 7) is 3.33. The quantitative estimate of drug-likeness (QED) is 0.724. The Morgan fingerprint density at radius 1 is 1.60 bits per heavy atom. The standard InChI is InChI=1S/C11H22N2O2/c1-12-6-5-11(14)13-7-3-4-10(8-13)9-15-2/h10,12H,3-9H2,1-2H3. The molecule has 1 fully saturated rings. The molecule has 1 atom stereocenters. The number of amides is 1. The van der Waals surface area contributed by atoms with Crippen LogP contribution < -0.4 is 5.32 Å². The van der Waals surface area contributed by atoms with Gasteiger partial charge < -0.3 is 15.0 Å². The first-order chi connectivity index (χ1) is 7.27. The zero-order valence-corrected chi connectivity index (χ0v) is 9.79. The zero-order valence-electron chi connectivity index (χ0n) is 9.79. The molecule has 0 aromatic carbocycles. The van der Waals surface area contributed by atoms with Gasteiger partial charge in [0.05, 0.1) is 6.61 Å². The number of hydrogen-bond donors (Lipinski definition) is 1. The normalized spacial score (nSPS) is 21.7. The summed E-state index contributed by atoms with van der Waals surface area (Å²) in [5.41, 5.74) is 0. The molecule has 0 radical (unpaired) electrons. The van der Waals surface area contributed by atoms with Crippen LogP contribution in [-0.2, 0) is 9.53 Å². The van der Waals surface area contributed by atoms with Gasteiger partial charge in [-0.25, -0.2) is 0 Å². The van der Waals surface area contributed by atoms with E-state index in [1.165, 1.54) is 6.42 Å². The van der Waals surface area contributed by atoms with Crippen molar-refractivity contribution in [2.45, 2.75) is 19.3 Å². The summed E-state index contributed by atoms with van der Waals surface area (Å²) >= 11 is 0. The second-order valence-electron chi connectivity index (χ2n) is 4.16. The van der Waals surface area contributed by atoms with Gasteiger partial charge in [-0.1, -0.05) is 0 Å². The summed E-state index contributed by atoms with van der Waals surface area (Å²) < 4.78 is 5.14. The van der Waals surface area contributed by atoms with Crippen LogP contribution >= 0.6 is 0 Å². The van der Waals surface area contributed by atoms with Crippen LogP contribution in [0.15, 0.2) is 0 Å². The lowest BCUT2D eigenvalue weighted by molar-refractivity contribution is -0.133. The average molecular weight is 214 g/mol. The maximum absolute atomic E-state index is 11.8. The van der Waals surface area contributed by atoms with Gasteiger partial charge in [0.2, 0.25) is 5.91 Å². The molecule has 0 bridgehead atoms. The maximum Gasteiger partial charge on any atom is 0.223 e. The van der Waals surface area contributed by atoms with Gasteiger partial charge >= 0.3 is 0 Å². The van der Waals surface area contributed by atoms with Gasteiger partial charge in [-0.2, -0.15) is 0 Å². The molecule has 1 heterocycles. The minimum atomic E-state index is 0.269. The van der Waals surface area contributed by atoms with Crippen molar-refractivity contribution >= 4 is 5.91 Å². The zero-order chi connectivity index (χ0) is 11.1. The van der Waals surface area contributed by atoms with Gasteiger partial charge in [0, 0.05) is 33.2 Å². The third-order valence-corrected chi connectivity index (χ3v) is 2.86. The summed E-state index contributed by atoms with van der Waals surface area (Å²) in [6.07, 6.45) is 2.90. The van der Waals surface area contributed by atoms with E-state index in [1.807, 2.05) is 11.9 Å². The van der Waals surface area contributed by atoms with Gasteiger partial charge in [0.1, 0.15) is 0 Å². The molecule has 0 spiro atoms.